The van der Waals surface area contributed by atoms with Gasteiger partial charge in [-0.15, -0.1) is 0 Å². The first-order valence-corrected chi connectivity index (χ1v) is 9.34. The fourth-order valence-corrected chi connectivity index (χ4v) is 3.08. The Labute approximate surface area is 155 Å². The molecule has 26 heavy (non-hydrogen) atoms. The Hall–Kier alpha value is -2.56. The average molecular weight is 353 g/mol. The first-order chi connectivity index (χ1) is 12.7. The van der Waals surface area contributed by atoms with Crippen molar-refractivity contribution in [1.82, 2.24) is 15.2 Å². The molecule has 1 saturated carbocycles. The van der Waals surface area contributed by atoms with Gasteiger partial charge in [0.25, 0.3) is 0 Å². The smallest absolute Gasteiger partial charge is 0.318 e. The van der Waals surface area contributed by atoms with Gasteiger partial charge in [0, 0.05) is 30.0 Å². The van der Waals surface area contributed by atoms with E-state index >= 15 is 0 Å². The highest BCUT2D eigenvalue weighted by Gasteiger charge is 2.33. The molecule has 0 bridgehead atoms. The van der Waals surface area contributed by atoms with Gasteiger partial charge in [0.2, 0.25) is 0 Å². The van der Waals surface area contributed by atoms with Crippen molar-refractivity contribution in [1.29, 1.82) is 0 Å². The van der Waals surface area contributed by atoms with E-state index in [1.54, 1.807) is 6.20 Å². The zero-order valence-electron chi connectivity index (χ0n) is 15.5. The number of rotatable bonds is 8. The average Bonchev–Trinajstić information content (AvgIpc) is 3.46. The van der Waals surface area contributed by atoms with E-state index in [0.29, 0.717) is 19.2 Å². The summed E-state index contributed by atoms with van der Waals surface area (Å²) in [4.78, 5) is 18.9. The fraction of sp³-hybridized carbons (Fsp3) is 0.429. The normalized spacial score (nSPS) is 14.5. The second-order valence-corrected chi connectivity index (χ2v) is 6.82. The molecule has 5 nitrogen and oxygen atoms in total. The monoisotopic (exact) mass is 353 g/mol. The number of hydrogen-bond acceptors (Lipinski definition) is 3. The predicted octanol–water partition coefficient (Wildman–Crippen LogP) is 3.79. The molecule has 1 aliphatic carbocycles. The minimum Gasteiger partial charge on any atom is -0.494 e. The lowest BCUT2D eigenvalue weighted by Gasteiger charge is -2.26. The van der Waals surface area contributed by atoms with E-state index < -0.39 is 0 Å². The molecule has 1 aliphatic rings. The molecule has 1 aromatic carbocycles. The molecule has 0 saturated heterocycles. The maximum Gasteiger partial charge on any atom is 0.318 e. The van der Waals surface area contributed by atoms with E-state index in [1.807, 2.05) is 61.3 Å². The largest absolute Gasteiger partial charge is 0.494 e. The second-order valence-electron chi connectivity index (χ2n) is 6.82. The Balaban J connectivity index is 1.63. The number of hydrogen-bond donors (Lipinski definition) is 1. The number of benzene rings is 1. The highest BCUT2D eigenvalue weighted by atomic mass is 16.5. The highest BCUT2D eigenvalue weighted by molar-refractivity contribution is 5.75. The molecule has 1 aromatic heterocycles. The Morgan fingerprint density at radius 2 is 2.12 bits per heavy atom. The molecule has 2 amide bonds. The molecule has 0 spiro atoms. The summed E-state index contributed by atoms with van der Waals surface area (Å²) in [5.74, 6) is 0.858. The van der Waals surface area contributed by atoms with Crippen LogP contribution in [0.2, 0.25) is 0 Å². The zero-order valence-corrected chi connectivity index (χ0v) is 15.5. The molecular formula is C21H27N3O2. The van der Waals surface area contributed by atoms with Gasteiger partial charge in [-0.3, -0.25) is 4.98 Å². The van der Waals surface area contributed by atoms with Crippen molar-refractivity contribution in [3.8, 4) is 5.75 Å². The van der Waals surface area contributed by atoms with E-state index in [-0.39, 0.29) is 12.1 Å². The number of nitrogens with zero attached hydrogens (tertiary/aromatic N) is 2. The van der Waals surface area contributed by atoms with Gasteiger partial charge in [-0.05, 0) is 50.8 Å². The number of aromatic nitrogens is 1. The maximum atomic E-state index is 12.9. The lowest BCUT2D eigenvalue weighted by atomic mass is 10.1. The third kappa shape index (κ3) is 4.97. The van der Waals surface area contributed by atoms with Gasteiger partial charge in [-0.1, -0.05) is 24.3 Å². The summed E-state index contributed by atoms with van der Waals surface area (Å²) in [6, 6.07) is 12.3. The number of carbonyl (C=O) groups is 1. The summed E-state index contributed by atoms with van der Waals surface area (Å²) < 4.78 is 5.71. The van der Waals surface area contributed by atoms with Crippen molar-refractivity contribution in [2.24, 2.45) is 0 Å². The van der Waals surface area contributed by atoms with Crippen LogP contribution in [-0.4, -0.2) is 34.6 Å². The molecule has 1 atom stereocenters. The highest BCUT2D eigenvalue weighted by Crippen LogP contribution is 2.30. The molecule has 5 heteroatoms. The molecule has 138 valence electrons. The van der Waals surface area contributed by atoms with Crippen LogP contribution in [0.25, 0.3) is 0 Å². The number of pyridine rings is 1. The zero-order chi connectivity index (χ0) is 18.4. The molecule has 1 fully saturated rings. The Bertz CT molecular complexity index is 716. The Kier molecular flexibility index (Phi) is 6.10. The summed E-state index contributed by atoms with van der Waals surface area (Å²) in [6.45, 7) is 5.20. The van der Waals surface area contributed by atoms with Crippen LogP contribution in [0.15, 0.2) is 48.8 Å². The lowest BCUT2D eigenvalue weighted by Crippen LogP contribution is -2.45. The van der Waals surface area contributed by atoms with Crippen LogP contribution >= 0.6 is 0 Å². The van der Waals surface area contributed by atoms with Gasteiger partial charge in [0.1, 0.15) is 5.75 Å². The molecular weight excluding hydrogens is 326 g/mol. The number of carbonyl (C=O) groups excluding carboxylic acids is 1. The van der Waals surface area contributed by atoms with Gasteiger partial charge in [0.15, 0.2) is 0 Å². The van der Waals surface area contributed by atoms with E-state index in [1.165, 1.54) is 0 Å². The predicted molar refractivity (Wildman–Crippen MR) is 102 cm³/mol. The van der Waals surface area contributed by atoms with E-state index in [0.717, 1.165) is 36.1 Å². The van der Waals surface area contributed by atoms with Crippen LogP contribution in [0.3, 0.4) is 0 Å². The van der Waals surface area contributed by atoms with Crippen LogP contribution in [0.4, 0.5) is 4.79 Å². The Morgan fingerprint density at radius 3 is 2.81 bits per heavy atom. The van der Waals surface area contributed by atoms with Gasteiger partial charge in [-0.2, -0.15) is 0 Å². The molecule has 1 N–H and O–H groups in total. The molecule has 0 radical (unpaired) electrons. The molecule has 0 aliphatic heterocycles. The number of nitrogens with one attached hydrogen (secondary N) is 1. The lowest BCUT2D eigenvalue weighted by molar-refractivity contribution is 0.187. The minimum atomic E-state index is -0.00445. The second kappa shape index (κ2) is 8.70. The van der Waals surface area contributed by atoms with Crippen LogP contribution in [0.5, 0.6) is 5.75 Å². The van der Waals surface area contributed by atoms with E-state index in [4.69, 9.17) is 4.74 Å². The third-order valence-corrected chi connectivity index (χ3v) is 4.50. The summed E-state index contributed by atoms with van der Waals surface area (Å²) >= 11 is 0. The van der Waals surface area contributed by atoms with Gasteiger partial charge in [0.05, 0.1) is 13.2 Å². The molecule has 0 unspecified atom stereocenters. The Morgan fingerprint density at radius 1 is 1.31 bits per heavy atom. The minimum absolute atomic E-state index is 0.00445. The fourth-order valence-electron chi connectivity index (χ4n) is 3.08. The first kappa shape index (κ1) is 18.2. The van der Waals surface area contributed by atoms with Gasteiger partial charge < -0.3 is 15.0 Å². The van der Waals surface area contributed by atoms with Gasteiger partial charge in [-0.25, -0.2) is 4.79 Å². The van der Waals surface area contributed by atoms with Gasteiger partial charge >= 0.3 is 6.03 Å². The summed E-state index contributed by atoms with van der Waals surface area (Å²) in [7, 11) is 0. The van der Waals surface area contributed by atoms with Crippen molar-refractivity contribution in [3.63, 3.8) is 0 Å². The molecule has 2 aromatic rings. The van der Waals surface area contributed by atoms with Crippen molar-refractivity contribution in [2.45, 2.75) is 51.7 Å². The van der Waals surface area contributed by atoms with E-state index in [2.05, 4.69) is 10.3 Å². The number of ether oxygens (including phenoxy) is 1. The number of para-hydroxylation sites is 1. The van der Waals surface area contributed by atoms with Crippen molar-refractivity contribution in [3.05, 3.63) is 59.9 Å². The number of amides is 2. The SMILES string of the molecule is CCOc1ccccc1CN(C(=O)N[C@H](C)Cc1cccnc1)C1CC1. The van der Waals surface area contributed by atoms with Crippen molar-refractivity contribution >= 4 is 6.03 Å². The van der Waals surface area contributed by atoms with Crippen LogP contribution in [0, 0.1) is 0 Å². The number of urea groups is 1. The summed E-state index contributed by atoms with van der Waals surface area (Å²) in [5, 5.41) is 3.14. The molecule has 1 heterocycles. The maximum absolute atomic E-state index is 12.9. The topological polar surface area (TPSA) is 54.5 Å². The van der Waals surface area contributed by atoms with E-state index in [9.17, 15) is 4.79 Å². The summed E-state index contributed by atoms with van der Waals surface area (Å²) in [6.07, 6.45) is 6.52. The van der Waals surface area contributed by atoms with Crippen molar-refractivity contribution < 1.29 is 9.53 Å². The van der Waals surface area contributed by atoms with Crippen LogP contribution in [0.1, 0.15) is 37.8 Å². The van der Waals surface area contributed by atoms with Crippen molar-refractivity contribution in [2.75, 3.05) is 6.61 Å². The third-order valence-electron chi connectivity index (χ3n) is 4.50. The molecule has 3 rings (SSSR count). The quantitative estimate of drug-likeness (QED) is 0.786. The van der Waals surface area contributed by atoms with Crippen LogP contribution < -0.4 is 10.1 Å². The standard InChI is InChI=1S/C21H27N3O2/c1-3-26-20-9-5-4-8-18(20)15-24(19-10-11-19)21(25)23-16(2)13-17-7-6-12-22-14-17/h4-9,12,14,16,19H,3,10-11,13,15H2,1-2H3,(H,23,25)/t16-/m1/s1. The summed E-state index contributed by atoms with van der Waals surface area (Å²) in [5.41, 5.74) is 2.18. The van der Waals surface area contributed by atoms with Crippen LogP contribution in [-0.2, 0) is 13.0 Å². The first-order valence-electron chi connectivity index (χ1n) is 9.34.